The van der Waals surface area contributed by atoms with Crippen molar-refractivity contribution in [3.63, 3.8) is 0 Å². The van der Waals surface area contributed by atoms with Gasteiger partial charge in [-0.15, -0.1) is 0 Å². The number of hydrogen-bond acceptors (Lipinski definition) is 4. The van der Waals surface area contributed by atoms with Crippen LogP contribution in [0, 0.1) is 0 Å². The summed E-state index contributed by atoms with van der Waals surface area (Å²) >= 11 is 6.92. The van der Waals surface area contributed by atoms with E-state index in [1.807, 2.05) is 95.9 Å². The van der Waals surface area contributed by atoms with Gasteiger partial charge in [-0.05, 0) is 42.0 Å². The van der Waals surface area contributed by atoms with Crippen LogP contribution in [0.4, 0.5) is 11.4 Å². The highest BCUT2D eigenvalue weighted by atomic mass is 32.3. The van der Waals surface area contributed by atoms with E-state index in [-0.39, 0.29) is 5.08 Å². The maximum Gasteiger partial charge on any atom is 0.205 e. The van der Waals surface area contributed by atoms with Gasteiger partial charge in [-0.3, -0.25) is 4.90 Å². The summed E-state index contributed by atoms with van der Waals surface area (Å²) < 4.78 is 25.4. The van der Waals surface area contributed by atoms with E-state index in [1.165, 1.54) is 11.8 Å². The van der Waals surface area contributed by atoms with E-state index >= 15 is 0 Å². The number of anilines is 2. The molecule has 0 bridgehead atoms. The first-order chi connectivity index (χ1) is 14.1. The summed E-state index contributed by atoms with van der Waals surface area (Å²) in [5.41, 5.74) is 2.45. The summed E-state index contributed by atoms with van der Waals surface area (Å²) in [5.74, 6) is 0. The van der Waals surface area contributed by atoms with Crippen LogP contribution in [0.25, 0.3) is 0 Å². The summed E-state index contributed by atoms with van der Waals surface area (Å²) in [6.07, 6.45) is 0. The number of nitrogens with zero attached hydrogens (tertiary/aromatic N) is 2. The number of sulfone groups is 1. The Morgan fingerprint density at radius 2 is 1.34 bits per heavy atom. The zero-order chi connectivity index (χ0) is 20.3. The van der Waals surface area contributed by atoms with Crippen LogP contribution in [0.3, 0.4) is 0 Å². The van der Waals surface area contributed by atoms with Gasteiger partial charge in [0.1, 0.15) is 15.4 Å². The second-order valence-corrected chi connectivity index (χ2v) is 10.3. The molecule has 1 aliphatic rings. The molecule has 3 aromatic rings. The molecule has 1 aliphatic heterocycles. The molecule has 0 spiro atoms. The Kier molecular flexibility index (Phi) is 5.80. The Labute approximate surface area is 180 Å². The predicted molar refractivity (Wildman–Crippen MR) is 126 cm³/mol. The third kappa shape index (κ3) is 4.27. The molecule has 1 saturated heterocycles. The van der Waals surface area contributed by atoms with E-state index in [1.54, 1.807) is 0 Å². The molecule has 7 heteroatoms. The minimum absolute atomic E-state index is 0.00464. The molecule has 0 amide bonds. The smallest absolute Gasteiger partial charge is 0.205 e. The van der Waals surface area contributed by atoms with Crippen molar-refractivity contribution in [2.75, 3.05) is 9.98 Å². The summed E-state index contributed by atoms with van der Waals surface area (Å²) in [7, 11) is -3.34. The first-order valence-corrected chi connectivity index (χ1v) is 12.1. The first kappa shape index (κ1) is 19.8. The Hall–Kier alpha value is -2.48. The van der Waals surface area contributed by atoms with E-state index in [0.29, 0.717) is 15.7 Å². The van der Waals surface area contributed by atoms with Crippen LogP contribution < -0.4 is 4.90 Å². The minimum atomic E-state index is -3.34. The molecular formula is C22H18N2O2S3. The fourth-order valence-electron chi connectivity index (χ4n) is 3.18. The van der Waals surface area contributed by atoms with Gasteiger partial charge < -0.3 is 0 Å². The molecule has 0 N–H and O–H groups in total. The van der Waals surface area contributed by atoms with E-state index in [9.17, 15) is 8.42 Å². The number of aliphatic imine (C=N–C) groups is 1. The molecular weight excluding hydrogens is 420 g/mol. The number of thioether (sulfide) groups is 1. The van der Waals surface area contributed by atoms with E-state index < -0.39 is 15.1 Å². The van der Waals surface area contributed by atoms with Gasteiger partial charge in [-0.2, -0.15) is 0 Å². The highest BCUT2D eigenvalue weighted by Crippen LogP contribution is 2.39. The van der Waals surface area contributed by atoms with Crippen LogP contribution in [0.2, 0.25) is 0 Å². The average Bonchev–Trinajstić information content (AvgIpc) is 3.04. The monoisotopic (exact) mass is 438 g/mol. The lowest BCUT2D eigenvalue weighted by atomic mass is 10.1. The van der Waals surface area contributed by atoms with Crippen molar-refractivity contribution in [3.8, 4) is 0 Å². The topological polar surface area (TPSA) is 49.7 Å². The minimum Gasteiger partial charge on any atom is -0.286 e. The molecule has 3 aromatic carbocycles. The molecule has 0 saturated carbocycles. The summed E-state index contributed by atoms with van der Waals surface area (Å²) in [6.45, 7) is 0. The van der Waals surface area contributed by atoms with Gasteiger partial charge in [0.15, 0.2) is 9.84 Å². The van der Waals surface area contributed by atoms with Crippen molar-refractivity contribution >= 4 is 55.3 Å². The van der Waals surface area contributed by atoms with E-state index in [4.69, 9.17) is 12.2 Å². The number of hydrogen-bond donors (Lipinski definition) is 0. The van der Waals surface area contributed by atoms with Gasteiger partial charge in [-0.25, -0.2) is 13.4 Å². The summed E-state index contributed by atoms with van der Waals surface area (Å²) in [5, 5.41) is 0.0473. The Bertz CT molecular complexity index is 1090. The van der Waals surface area contributed by atoms with Gasteiger partial charge in [-0.1, -0.05) is 78.5 Å². The summed E-state index contributed by atoms with van der Waals surface area (Å²) in [4.78, 5) is 6.50. The number of benzene rings is 3. The SMILES string of the molecule is O=S1(=O)CSC(=NC(=S)N(c2ccccc2)c2ccccc2)C1c1ccccc1. The maximum absolute atomic E-state index is 12.7. The maximum atomic E-state index is 12.7. The molecule has 0 radical (unpaired) electrons. The third-order valence-electron chi connectivity index (χ3n) is 4.48. The van der Waals surface area contributed by atoms with Crippen molar-refractivity contribution in [2.24, 2.45) is 4.99 Å². The zero-order valence-electron chi connectivity index (χ0n) is 15.4. The molecule has 4 nitrogen and oxygen atoms in total. The van der Waals surface area contributed by atoms with Crippen LogP contribution in [0.1, 0.15) is 10.8 Å². The molecule has 1 heterocycles. The molecule has 0 aliphatic carbocycles. The summed E-state index contributed by atoms with van der Waals surface area (Å²) in [6, 6.07) is 28.6. The highest BCUT2D eigenvalue weighted by Gasteiger charge is 2.39. The first-order valence-electron chi connectivity index (χ1n) is 8.98. The van der Waals surface area contributed by atoms with Crippen molar-refractivity contribution in [1.82, 2.24) is 0 Å². The Morgan fingerprint density at radius 3 is 1.86 bits per heavy atom. The second-order valence-electron chi connectivity index (χ2n) is 6.45. The zero-order valence-corrected chi connectivity index (χ0v) is 17.8. The Balaban J connectivity index is 1.76. The molecule has 1 fully saturated rings. The van der Waals surface area contributed by atoms with E-state index in [2.05, 4.69) is 4.99 Å². The fourth-order valence-corrected chi connectivity index (χ4v) is 7.24. The van der Waals surface area contributed by atoms with Crippen molar-refractivity contribution in [1.29, 1.82) is 0 Å². The van der Waals surface area contributed by atoms with Gasteiger partial charge in [0.2, 0.25) is 5.11 Å². The second kappa shape index (κ2) is 8.49. The number of rotatable bonds is 3. The number of para-hydroxylation sites is 2. The van der Waals surface area contributed by atoms with Gasteiger partial charge in [0, 0.05) is 11.4 Å². The van der Waals surface area contributed by atoms with Crippen molar-refractivity contribution < 1.29 is 8.42 Å². The van der Waals surface area contributed by atoms with Gasteiger partial charge >= 0.3 is 0 Å². The average molecular weight is 439 g/mol. The molecule has 29 heavy (non-hydrogen) atoms. The highest BCUT2D eigenvalue weighted by molar-refractivity contribution is 8.26. The standard InChI is InChI=1S/C22H18N2O2S3/c25-29(26)16-28-21(20(29)17-10-4-1-5-11-17)23-22(27)24(18-12-6-2-7-13-18)19-14-8-3-9-15-19/h1-15,20H,16H2. The van der Waals surface area contributed by atoms with Crippen LogP contribution >= 0.6 is 24.0 Å². The Morgan fingerprint density at radius 1 is 0.862 bits per heavy atom. The largest absolute Gasteiger partial charge is 0.286 e. The van der Waals surface area contributed by atoms with Crippen LogP contribution in [-0.4, -0.2) is 23.7 Å². The van der Waals surface area contributed by atoms with Crippen LogP contribution in [0.5, 0.6) is 0 Å². The third-order valence-corrected chi connectivity index (χ3v) is 8.53. The molecule has 0 aromatic heterocycles. The normalized spacial score (nSPS) is 19.2. The fraction of sp³-hybridized carbons (Fsp3) is 0.0909. The van der Waals surface area contributed by atoms with Crippen molar-refractivity contribution in [3.05, 3.63) is 96.6 Å². The lowest BCUT2D eigenvalue weighted by Crippen LogP contribution is -2.24. The van der Waals surface area contributed by atoms with E-state index in [0.717, 1.165) is 11.4 Å². The lowest BCUT2D eigenvalue weighted by Gasteiger charge is -2.23. The predicted octanol–water partition coefficient (Wildman–Crippen LogP) is 5.37. The molecule has 146 valence electrons. The van der Waals surface area contributed by atoms with Gasteiger partial charge in [0.05, 0.1) is 0 Å². The van der Waals surface area contributed by atoms with Gasteiger partial charge in [0.25, 0.3) is 0 Å². The van der Waals surface area contributed by atoms with Crippen LogP contribution in [0.15, 0.2) is 96.0 Å². The molecule has 1 unspecified atom stereocenters. The molecule has 4 rings (SSSR count). The molecule has 1 atom stereocenters. The number of thiocarbonyl (C=S) groups is 1. The van der Waals surface area contributed by atoms with Crippen LogP contribution in [-0.2, 0) is 9.84 Å². The van der Waals surface area contributed by atoms with Crippen molar-refractivity contribution in [2.45, 2.75) is 5.25 Å². The quantitative estimate of drug-likeness (QED) is 0.515. The lowest BCUT2D eigenvalue weighted by molar-refractivity contribution is 0.598.